The lowest BCUT2D eigenvalue weighted by atomic mass is 10.2. The highest BCUT2D eigenvalue weighted by Gasteiger charge is 2.13. The van der Waals surface area contributed by atoms with Crippen molar-refractivity contribution in [3.8, 4) is 0 Å². The van der Waals surface area contributed by atoms with E-state index in [2.05, 4.69) is 4.72 Å². The summed E-state index contributed by atoms with van der Waals surface area (Å²) >= 11 is 0. The van der Waals surface area contributed by atoms with Gasteiger partial charge < -0.3 is 5.11 Å². The SMILES string of the molecule is CCS(=O)(=O)Nc1ccccc1C(=O)O. The Morgan fingerprint density at radius 3 is 2.53 bits per heavy atom. The Labute approximate surface area is 87.8 Å². The van der Waals surface area contributed by atoms with Crippen LogP contribution in [0, 0.1) is 0 Å². The molecular formula is C9H11NO4S. The van der Waals surface area contributed by atoms with Gasteiger partial charge >= 0.3 is 5.97 Å². The monoisotopic (exact) mass is 229 g/mol. The molecule has 0 aliphatic carbocycles. The molecule has 1 aromatic carbocycles. The van der Waals surface area contributed by atoms with Crippen molar-refractivity contribution in [1.82, 2.24) is 0 Å². The Morgan fingerprint density at radius 1 is 1.40 bits per heavy atom. The van der Waals surface area contributed by atoms with Crippen LogP contribution in [0.15, 0.2) is 24.3 Å². The van der Waals surface area contributed by atoms with E-state index < -0.39 is 16.0 Å². The fraction of sp³-hybridized carbons (Fsp3) is 0.222. The molecule has 0 unspecified atom stereocenters. The first-order valence-corrected chi connectivity index (χ1v) is 5.94. The zero-order chi connectivity index (χ0) is 11.5. The number of hydrogen-bond acceptors (Lipinski definition) is 3. The van der Waals surface area contributed by atoms with Gasteiger partial charge in [0.2, 0.25) is 10.0 Å². The molecular weight excluding hydrogens is 218 g/mol. The molecule has 2 N–H and O–H groups in total. The van der Waals surface area contributed by atoms with Crippen molar-refractivity contribution < 1.29 is 18.3 Å². The first kappa shape index (κ1) is 11.5. The van der Waals surface area contributed by atoms with E-state index in [1.165, 1.54) is 25.1 Å². The molecule has 0 amide bonds. The Kier molecular flexibility index (Phi) is 3.31. The van der Waals surface area contributed by atoms with Crippen molar-refractivity contribution in [3.05, 3.63) is 29.8 Å². The minimum absolute atomic E-state index is 0.0606. The van der Waals surface area contributed by atoms with Crippen LogP contribution in [0.5, 0.6) is 0 Å². The Balaban J connectivity index is 3.10. The van der Waals surface area contributed by atoms with Gasteiger partial charge in [0.1, 0.15) is 0 Å². The molecule has 0 bridgehead atoms. The number of aromatic carboxylic acids is 1. The predicted molar refractivity (Wildman–Crippen MR) is 56.5 cm³/mol. The van der Waals surface area contributed by atoms with E-state index in [0.29, 0.717) is 0 Å². The van der Waals surface area contributed by atoms with Crippen LogP contribution >= 0.6 is 0 Å². The van der Waals surface area contributed by atoms with Gasteiger partial charge in [-0.2, -0.15) is 0 Å². The maximum absolute atomic E-state index is 11.2. The van der Waals surface area contributed by atoms with E-state index in [-0.39, 0.29) is 17.0 Å². The molecule has 0 saturated heterocycles. The molecule has 82 valence electrons. The van der Waals surface area contributed by atoms with Crippen LogP contribution in [-0.2, 0) is 10.0 Å². The highest BCUT2D eigenvalue weighted by molar-refractivity contribution is 7.92. The Bertz CT molecular complexity index is 467. The highest BCUT2D eigenvalue weighted by atomic mass is 32.2. The largest absolute Gasteiger partial charge is 0.478 e. The summed E-state index contributed by atoms with van der Waals surface area (Å²) < 4.78 is 24.7. The van der Waals surface area contributed by atoms with Crippen LogP contribution in [0.2, 0.25) is 0 Å². The maximum atomic E-state index is 11.2. The third-order valence-corrected chi connectivity index (χ3v) is 3.09. The molecule has 6 heteroatoms. The van der Waals surface area contributed by atoms with Crippen LogP contribution in [0.25, 0.3) is 0 Å². The molecule has 0 heterocycles. The lowest BCUT2D eigenvalue weighted by molar-refractivity contribution is 0.0698. The average molecular weight is 229 g/mol. The van der Waals surface area contributed by atoms with Gasteiger partial charge in [0.25, 0.3) is 0 Å². The minimum atomic E-state index is -3.44. The van der Waals surface area contributed by atoms with Crippen LogP contribution in [-0.4, -0.2) is 25.2 Å². The van der Waals surface area contributed by atoms with Crippen molar-refractivity contribution in [2.24, 2.45) is 0 Å². The second kappa shape index (κ2) is 4.31. The number of carbonyl (C=O) groups is 1. The summed E-state index contributed by atoms with van der Waals surface area (Å²) in [6.07, 6.45) is 0. The maximum Gasteiger partial charge on any atom is 0.337 e. The van der Waals surface area contributed by atoms with E-state index in [1.54, 1.807) is 6.07 Å². The summed E-state index contributed by atoms with van der Waals surface area (Å²) in [5.41, 5.74) is 0.0291. The first-order chi connectivity index (χ1) is 6.96. The minimum Gasteiger partial charge on any atom is -0.478 e. The first-order valence-electron chi connectivity index (χ1n) is 4.29. The van der Waals surface area contributed by atoms with E-state index >= 15 is 0 Å². The van der Waals surface area contributed by atoms with Crippen LogP contribution in [0.4, 0.5) is 5.69 Å². The van der Waals surface area contributed by atoms with Gasteiger partial charge in [-0.1, -0.05) is 12.1 Å². The third-order valence-electron chi connectivity index (χ3n) is 1.80. The van der Waals surface area contributed by atoms with Crippen molar-refractivity contribution >= 4 is 21.7 Å². The summed E-state index contributed by atoms with van der Waals surface area (Å²) in [5.74, 6) is -1.26. The smallest absolute Gasteiger partial charge is 0.337 e. The Hall–Kier alpha value is -1.56. The van der Waals surface area contributed by atoms with Gasteiger partial charge in [-0.05, 0) is 19.1 Å². The predicted octanol–water partition coefficient (Wildman–Crippen LogP) is 1.15. The molecule has 0 aliphatic heterocycles. The number of nitrogens with one attached hydrogen (secondary N) is 1. The van der Waals surface area contributed by atoms with E-state index in [0.717, 1.165) is 0 Å². The molecule has 0 aromatic heterocycles. The molecule has 0 aliphatic rings. The van der Waals surface area contributed by atoms with Crippen LogP contribution in [0.3, 0.4) is 0 Å². The van der Waals surface area contributed by atoms with Gasteiger partial charge in [-0.3, -0.25) is 4.72 Å². The number of para-hydroxylation sites is 1. The normalized spacial score (nSPS) is 11.0. The van der Waals surface area contributed by atoms with E-state index in [9.17, 15) is 13.2 Å². The standard InChI is InChI=1S/C9H11NO4S/c1-2-15(13,14)10-8-6-4-3-5-7(8)9(11)12/h3-6,10H,2H2,1H3,(H,11,12). The molecule has 15 heavy (non-hydrogen) atoms. The third kappa shape index (κ3) is 2.95. The fourth-order valence-corrected chi connectivity index (χ4v) is 1.66. The molecule has 0 spiro atoms. The number of benzene rings is 1. The van der Waals surface area contributed by atoms with E-state index in [4.69, 9.17) is 5.11 Å². The summed E-state index contributed by atoms with van der Waals surface area (Å²) in [4.78, 5) is 10.8. The lowest BCUT2D eigenvalue weighted by Gasteiger charge is -2.08. The molecule has 5 nitrogen and oxygen atoms in total. The zero-order valence-corrected chi connectivity index (χ0v) is 8.91. The van der Waals surface area contributed by atoms with Crippen molar-refractivity contribution in [1.29, 1.82) is 0 Å². The molecule has 0 saturated carbocycles. The fourth-order valence-electron chi connectivity index (χ4n) is 0.998. The quantitative estimate of drug-likeness (QED) is 0.811. The zero-order valence-electron chi connectivity index (χ0n) is 8.10. The number of hydrogen-bond donors (Lipinski definition) is 2. The summed E-state index contributed by atoms with van der Waals surface area (Å²) in [5, 5.41) is 8.80. The van der Waals surface area contributed by atoms with Gasteiger partial charge in [0, 0.05) is 0 Å². The highest BCUT2D eigenvalue weighted by Crippen LogP contribution is 2.16. The molecule has 1 aromatic rings. The topological polar surface area (TPSA) is 83.5 Å². The molecule has 0 radical (unpaired) electrons. The lowest BCUT2D eigenvalue weighted by Crippen LogP contribution is -2.16. The Morgan fingerprint density at radius 2 is 2.00 bits per heavy atom. The van der Waals surface area contributed by atoms with Crippen LogP contribution < -0.4 is 4.72 Å². The summed E-state index contributed by atoms with van der Waals surface area (Å²) in [6.45, 7) is 1.48. The van der Waals surface area contributed by atoms with Crippen molar-refractivity contribution in [2.75, 3.05) is 10.5 Å². The van der Waals surface area contributed by atoms with Crippen LogP contribution in [0.1, 0.15) is 17.3 Å². The van der Waals surface area contributed by atoms with Crippen molar-refractivity contribution in [2.45, 2.75) is 6.92 Å². The van der Waals surface area contributed by atoms with Gasteiger partial charge in [-0.15, -0.1) is 0 Å². The average Bonchev–Trinajstić information content (AvgIpc) is 2.18. The number of rotatable bonds is 4. The number of carboxylic acid groups (broad SMARTS) is 1. The number of anilines is 1. The van der Waals surface area contributed by atoms with Gasteiger partial charge in [-0.25, -0.2) is 13.2 Å². The number of carboxylic acids is 1. The van der Waals surface area contributed by atoms with E-state index in [1.807, 2.05) is 0 Å². The molecule has 1 rings (SSSR count). The second-order valence-corrected chi connectivity index (χ2v) is 4.87. The molecule has 0 fully saturated rings. The summed E-state index contributed by atoms with van der Waals surface area (Å²) in [6, 6.07) is 5.86. The van der Waals surface area contributed by atoms with Crippen molar-refractivity contribution in [3.63, 3.8) is 0 Å². The summed E-state index contributed by atoms with van der Waals surface area (Å²) in [7, 11) is -3.44. The second-order valence-electron chi connectivity index (χ2n) is 2.86. The van der Waals surface area contributed by atoms with Gasteiger partial charge in [0.15, 0.2) is 0 Å². The molecule has 0 atom stereocenters. The van der Waals surface area contributed by atoms with Gasteiger partial charge in [0.05, 0.1) is 17.0 Å². The number of sulfonamides is 1.